The van der Waals surface area contributed by atoms with E-state index >= 15 is 0 Å². The molecule has 0 atom stereocenters. The van der Waals surface area contributed by atoms with Gasteiger partial charge >= 0.3 is 0 Å². The molecule has 2 nitrogen and oxygen atoms in total. The van der Waals surface area contributed by atoms with Crippen molar-refractivity contribution in [1.82, 2.24) is 0 Å². The summed E-state index contributed by atoms with van der Waals surface area (Å²) in [6, 6.07) is 7.89. The van der Waals surface area contributed by atoms with E-state index in [2.05, 4.69) is 13.5 Å². The molecule has 0 aliphatic carbocycles. The van der Waals surface area contributed by atoms with Gasteiger partial charge in [0.25, 0.3) is 0 Å². The van der Waals surface area contributed by atoms with Crippen LogP contribution in [-0.2, 0) is 4.74 Å². The predicted molar refractivity (Wildman–Crippen MR) is 72.4 cm³/mol. The largest absolute Gasteiger partial charge is 0.491 e. The van der Waals surface area contributed by atoms with Gasteiger partial charge < -0.3 is 9.47 Å². The number of unbranched alkanes of at least 4 members (excludes halogenated alkanes) is 2. The van der Waals surface area contributed by atoms with Gasteiger partial charge in [0.15, 0.2) is 0 Å². The van der Waals surface area contributed by atoms with Crippen molar-refractivity contribution in [3.05, 3.63) is 36.4 Å². The predicted octanol–water partition coefficient (Wildman–Crippen LogP) is 3.92. The van der Waals surface area contributed by atoms with Crippen molar-refractivity contribution in [2.75, 3.05) is 19.8 Å². The zero-order valence-corrected chi connectivity index (χ0v) is 10.7. The number of ether oxygens (including phenoxy) is 2. The summed E-state index contributed by atoms with van der Waals surface area (Å²) in [5, 5.41) is 0. The first-order valence-corrected chi connectivity index (χ1v) is 6.30. The highest BCUT2D eigenvalue weighted by molar-refractivity contribution is 5.48. The molecule has 0 spiro atoms. The van der Waals surface area contributed by atoms with Gasteiger partial charge in [0.2, 0.25) is 0 Å². The maximum atomic E-state index is 5.55. The maximum absolute atomic E-state index is 5.55. The van der Waals surface area contributed by atoms with Crippen LogP contribution in [-0.4, -0.2) is 19.8 Å². The standard InChI is InChI=1S/C15H22O2/c1-3-5-6-11-16-12-13-17-15-9-7-14(4-2)8-10-15/h4,7-10H,2-3,5-6,11-13H2,1H3. The molecule has 1 aromatic rings. The third kappa shape index (κ3) is 6.12. The molecule has 94 valence electrons. The average molecular weight is 234 g/mol. The highest BCUT2D eigenvalue weighted by Gasteiger charge is 1.94. The molecular weight excluding hydrogens is 212 g/mol. The normalized spacial score (nSPS) is 10.2. The van der Waals surface area contributed by atoms with E-state index in [1.807, 2.05) is 30.3 Å². The Morgan fingerprint density at radius 1 is 1.06 bits per heavy atom. The lowest BCUT2D eigenvalue weighted by Gasteiger charge is -2.07. The lowest BCUT2D eigenvalue weighted by atomic mass is 10.2. The number of rotatable bonds is 9. The molecule has 0 N–H and O–H groups in total. The Kier molecular flexibility index (Phi) is 7.15. The van der Waals surface area contributed by atoms with Gasteiger partial charge in [-0.2, -0.15) is 0 Å². The van der Waals surface area contributed by atoms with Gasteiger partial charge in [-0.25, -0.2) is 0 Å². The van der Waals surface area contributed by atoms with Gasteiger partial charge in [-0.05, 0) is 24.1 Å². The first-order valence-electron chi connectivity index (χ1n) is 6.30. The number of hydrogen-bond donors (Lipinski definition) is 0. The summed E-state index contributed by atoms with van der Waals surface area (Å²) in [4.78, 5) is 0. The van der Waals surface area contributed by atoms with E-state index < -0.39 is 0 Å². The minimum Gasteiger partial charge on any atom is -0.491 e. The molecule has 0 heterocycles. The SMILES string of the molecule is C=Cc1ccc(OCCOCCCCC)cc1. The van der Waals surface area contributed by atoms with Crippen molar-refractivity contribution in [3.8, 4) is 5.75 Å². The van der Waals surface area contributed by atoms with Crippen molar-refractivity contribution >= 4 is 6.08 Å². The Balaban J connectivity index is 2.07. The summed E-state index contributed by atoms with van der Waals surface area (Å²) in [5.74, 6) is 0.882. The summed E-state index contributed by atoms with van der Waals surface area (Å²) < 4.78 is 11.0. The van der Waals surface area contributed by atoms with Crippen LogP contribution < -0.4 is 4.74 Å². The molecule has 0 radical (unpaired) electrons. The Bertz CT molecular complexity index is 303. The molecule has 0 bridgehead atoms. The molecule has 0 saturated heterocycles. The highest BCUT2D eigenvalue weighted by atomic mass is 16.5. The molecule has 0 unspecified atom stereocenters. The molecule has 17 heavy (non-hydrogen) atoms. The number of benzene rings is 1. The fourth-order valence-electron chi connectivity index (χ4n) is 1.47. The van der Waals surface area contributed by atoms with Gasteiger partial charge in [0, 0.05) is 6.61 Å². The quantitative estimate of drug-likeness (QED) is 0.603. The molecule has 0 amide bonds. The molecule has 1 aromatic carbocycles. The van der Waals surface area contributed by atoms with Gasteiger partial charge in [-0.3, -0.25) is 0 Å². The zero-order valence-electron chi connectivity index (χ0n) is 10.7. The van der Waals surface area contributed by atoms with Crippen LogP contribution in [0.1, 0.15) is 31.7 Å². The molecule has 0 fully saturated rings. The average Bonchev–Trinajstić information content (AvgIpc) is 2.38. The van der Waals surface area contributed by atoms with Crippen molar-refractivity contribution in [3.63, 3.8) is 0 Å². The fourth-order valence-corrected chi connectivity index (χ4v) is 1.47. The summed E-state index contributed by atoms with van der Waals surface area (Å²) >= 11 is 0. The van der Waals surface area contributed by atoms with Gasteiger partial charge in [0.05, 0.1) is 6.61 Å². The lowest BCUT2D eigenvalue weighted by Crippen LogP contribution is -2.07. The molecule has 0 aliphatic rings. The van der Waals surface area contributed by atoms with Crippen molar-refractivity contribution in [2.24, 2.45) is 0 Å². The third-order valence-corrected chi connectivity index (χ3v) is 2.50. The monoisotopic (exact) mass is 234 g/mol. The molecule has 2 heteroatoms. The van der Waals surface area contributed by atoms with Crippen LogP contribution in [0.15, 0.2) is 30.8 Å². The first-order chi connectivity index (χ1) is 8.36. The molecule has 1 rings (SSSR count). The van der Waals surface area contributed by atoms with E-state index in [-0.39, 0.29) is 0 Å². The second-order valence-corrected chi connectivity index (χ2v) is 3.94. The van der Waals surface area contributed by atoms with E-state index in [1.165, 1.54) is 12.8 Å². The van der Waals surface area contributed by atoms with Crippen LogP contribution in [0, 0.1) is 0 Å². The summed E-state index contributed by atoms with van der Waals surface area (Å²) in [6.07, 6.45) is 5.44. The molecular formula is C15H22O2. The van der Waals surface area contributed by atoms with Crippen molar-refractivity contribution in [2.45, 2.75) is 26.2 Å². The Morgan fingerprint density at radius 3 is 2.47 bits per heavy atom. The van der Waals surface area contributed by atoms with Crippen molar-refractivity contribution < 1.29 is 9.47 Å². The van der Waals surface area contributed by atoms with Crippen molar-refractivity contribution in [1.29, 1.82) is 0 Å². The molecule has 0 aromatic heterocycles. The summed E-state index contributed by atoms with van der Waals surface area (Å²) in [5.41, 5.74) is 1.10. The van der Waals surface area contributed by atoms with Crippen LogP contribution in [0.25, 0.3) is 6.08 Å². The third-order valence-electron chi connectivity index (χ3n) is 2.50. The molecule has 0 saturated carbocycles. The lowest BCUT2D eigenvalue weighted by molar-refractivity contribution is 0.0973. The summed E-state index contributed by atoms with van der Waals surface area (Å²) in [7, 11) is 0. The van der Waals surface area contributed by atoms with Crippen LogP contribution in [0.5, 0.6) is 5.75 Å². The zero-order chi connectivity index (χ0) is 12.3. The van der Waals surface area contributed by atoms with Crippen LogP contribution >= 0.6 is 0 Å². The Morgan fingerprint density at radius 2 is 1.82 bits per heavy atom. The van der Waals surface area contributed by atoms with E-state index in [9.17, 15) is 0 Å². The van der Waals surface area contributed by atoms with E-state index in [1.54, 1.807) is 0 Å². The summed E-state index contributed by atoms with van der Waals surface area (Å²) in [6.45, 7) is 8.01. The van der Waals surface area contributed by atoms with Gasteiger partial charge in [0.1, 0.15) is 12.4 Å². The topological polar surface area (TPSA) is 18.5 Å². The van der Waals surface area contributed by atoms with Crippen LogP contribution in [0.3, 0.4) is 0 Å². The van der Waals surface area contributed by atoms with Gasteiger partial charge in [-0.15, -0.1) is 0 Å². The van der Waals surface area contributed by atoms with Crippen LogP contribution in [0.2, 0.25) is 0 Å². The minimum atomic E-state index is 0.611. The molecule has 0 aliphatic heterocycles. The van der Waals surface area contributed by atoms with E-state index in [0.717, 1.165) is 24.3 Å². The Hall–Kier alpha value is -1.28. The smallest absolute Gasteiger partial charge is 0.119 e. The van der Waals surface area contributed by atoms with E-state index in [4.69, 9.17) is 9.47 Å². The first kappa shape index (κ1) is 13.8. The second kappa shape index (κ2) is 8.82. The number of hydrogen-bond acceptors (Lipinski definition) is 2. The fraction of sp³-hybridized carbons (Fsp3) is 0.467. The van der Waals surface area contributed by atoms with E-state index in [0.29, 0.717) is 13.2 Å². The Labute approximate surface area is 104 Å². The maximum Gasteiger partial charge on any atom is 0.119 e. The van der Waals surface area contributed by atoms with Crippen LogP contribution in [0.4, 0.5) is 0 Å². The highest BCUT2D eigenvalue weighted by Crippen LogP contribution is 2.12. The second-order valence-electron chi connectivity index (χ2n) is 3.94. The minimum absolute atomic E-state index is 0.611. The van der Waals surface area contributed by atoms with Gasteiger partial charge in [-0.1, -0.05) is 44.6 Å².